The standard InChI is InChI=1S/C24H16FN9O/c25-17-10-19-15(11-29-34-19)9-20(17)32-22-4-5-26-23(33-22)14-2-1-13-7-21(31-18(13)8-14)24(35)30-16-3-6-27-28-12-16/h1-12,31H,(H,29,34)(H,26,32,33)(H,27,30,35). The molecule has 0 spiro atoms. The van der Waals surface area contributed by atoms with E-state index in [1.165, 1.54) is 18.5 Å². The Morgan fingerprint density at radius 2 is 1.86 bits per heavy atom. The molecule has 0 saturated carbocycles. The molecule has 4 aromatic heterocycles. The van der Waals surface area contributed by atoms with E-state index in [4.69, 9.17) is 0 Å². The van der Waals surface area contributed by atoms with Crippen LogP contribution in [-0.2, 0) is 0 Å². The van der Waals surface area contributed by atoms with Crippen LogP contribution in [0.2, 0.25) is 0 Å². The average molecular weight is 465 g/mol. The van der Waals surface area contributed by atoms with Gasteiger partial charge in [-0.15, -0.1) is 0 Å². The van der Waals surface area contributed by atoms with E-state index in [9.17, 15) is 9.18 Å². The number of anilines is 3. The Balaban J connectivity index is 1.27. The summed E-state index contributed by atoms with van der Waals surface area (Å²) < 4.78 is 14.5. The lowest BCUT2D eigenvalue weighted by atomic mass is 10.1. The van der Waals surface area contributed by atoms with Gasteiger partial charge in [-0.25, -0.2) is 14.4 Å². The van der Waals surface area contributed by atoms with Crippen molar-refractivity contribution in [2.24, 2.45) is 0 Å². The van der Waals surface area contributed by atoms with Crippen LogP contribution in [0.15, 0.2) is 73.3 Å². The number of H-pyrrole nitrogens is 2. The lowest BCUT2D eigenvalue weighted by Gasteiger charge is -2.08. The number of halogens is 1. The third-order valence-corrected chi connectivity index (χ3v) is 5.41. The molecule has 35 heavy (non-hydrogen) atoms. The zero-order valence-electron chi connectivity index (χ0n) is 18.0. The van der Waals surface area contributed by atoms with Gasteiger partial charge in [0.15, 0.2) is 5.82 Å². The van der Waals surface area contributed by atoms with Gasteiger partial charge < -0.3 is 15.6 Å². The number of nitrogens with zero attached hydrogens (tertiary/aromatic N) is 5. The van der Waals surface area contributed by atoms with Crippen LogP contribution >= 0.6 is 0 Å². The first-order valence-electron chi connectivity index (χ1n) is 10.6. The molecule has 0 aliphatic rings. The molecular weight excluding hydrogens is 449 g/mol. The Hall–Kier alpha value is -5.19. The van der Waals surface area contributed by atoms with Crippen LogP contribution < -0.4 is 10.6 Å². The van der Waals surface area contributed by atoms with Crippen molar-refractivity contribution in [3.8, 4) is 11.4 Å². The third kappa shape index (κ3) is 4.02. The van der Waals surface area contributed by atoms with Crippen molar-refractivity contribution in [3.63, 3.8) is 0 Å². The second-order valence-corrected chi connectivity index (χ2v) is 7.75. The van der Waals surface area contributed by atoms with Crippen molar-refractivity contribution in [1.29, 1.82) is 0 Å². The number of amides is 1. The van der Waals surface area contributed by atoms with Gasteiger partial charge in [-0.1, -0.05) is 12.1 Å². The zero-order chi connectivity index (χ0) is 23.8. The van der Waals surface area contributed by atoms with Crippen molar-refractivity contribution in [2.45, 2.75) is 0 Å². The first kappa shape index (κ1) is 20.4. The molecule has 0 aliphatic heterocycles. The topological polar surface area (TPSA) is 137 Å². The maximum Gasteiger partial charge on any atom is 0.272 e. The fraction of sp³-hybridized carbons (Fsp3) is 0. The van der Waals surface area contributed by atoms with Crippen LogP contribution in [0, 0.1) is 5.82 Å². The van der Waals surface area contributed by atoms with Gasteiger partial charge in [-0.05, 0) is 30.3 Å². The molecule has 0 atom stereocenters. The van der Waals surface area contributed by atoms with Crippen LogP contribution in [-0.4, -0.2) is 41.3 Å². The highest BCUT2D eigenvalue weighted by atomic mass is 19.1. The quantitative estimate of drug-likeness (QED) is 0.296. The lowest BCUT2D eigenvalue weighted by Crippen LogP contribution is -2.12. The van der Waals surface area contributed by atoms with Crippen molar-refractivity contribution in [1.82, 2.24) is 35.3 Å². The fourth-order valence-electron chi connectivity index (χ4n) is 3.72. The molecular formula is C24H16FN9O. The maximum absolute atomic E-state index is 14.5. The molecule has 2 aromatic carbocycles. The van der Waals surface area contributed by atoms with Gasteiger partial charge in [0.25, 0.3) is 5.91 Å². The Morgan fingerprint density at radius 3 is 2.74 bits per heavy atom. The smallest absolute Gasteiger partial charge is 0.272 e. The van der Waals surface area contributed by atoms with Gasteiger partial charge in [-0.2, -0.15) is 15.3 Å². The number of hydrogen-bond acceptors (Lipinski definition) is 7. The number of carbonyl (C=O) groups excluding carboxylic acids is 1. The molecule has 0 unspecified atom stereocenters. The predicted molar refractivity (Wildman–Crippen MR) is 129 cm³/mol. The summed E-state index contributed by atoms with van der Waals surface area (Å²) in [6.07, 6.45) is 6.19. The van der Waals surface area contributed by atoms with E-state index in [-0.39, 0.29) is 11.6 Å². The van der Waals surface area contributed by atoms with Crippen molar-refractivity contribution in [2.75, 3.05) is 10.6 Å². The number of aromatic amines is 2. The number of hydrogen-bond donors (Lipinski definition) is 4. The summed E-state index contributed by atoms with van der Waals surface area (Å²) in [5.74, 6) is 0.164. The molecule has 4 N–H and O–H groups in total. The molecule has 6 aromatic rings. The van der Waals surface area contributed by atoms with E-state index in [0.717, 1.165) is 21.9 Å². The Morgan fingerprint density at radius 1 is 0.914 bits per heavy atom. The maximum atomic E-state index is 14.5. The van der Waals surface area contributed by atoms with Crippen LogP contribution in [0.1, 0.15) is 10.5 Å². The molecule has 170 valence electrons. The number of carbonyl (C=O) groups is 1. The highest BCUT2D eigenvalue weighted by Gasteiger charge is 2.13. The average Bonchev–Trinajstić information content (AvgIpc) is 3.51. The minimum Gasteiger partial charge on any atom is -0.350 e. The van der Waals surface area contributed by atoms with Gasteiger partial charge in [0.2, 0.25) is 0 Å². The Labute approximate surface area is 196 Å². The SMILES string of the molecule is O=C(Nc1ccnnc1)c1cc2ccc(-c3nccc(Nc4cc5cn[nH]c5cc4F)n3)cc2[nH]1. The summed E-state index contributed by atoms with van der Waals surface area (Å²) in [6.45, 7) is 0. The Kier molecular flexibility index (Phi) is 4.84. The summed E-state index contributed by atoms with van der Waals surface area (Å²) in [5.41, 5.74) is 3.32. The summed E-state index contributed by atoms with van der Waals surface area (Å²) in [5, 5.41) is 21.5. The molecule has 0 fully saturated rings. The predicted octanol–water partition coefficient (Wildman–Crippen LogP) is 4.43. The highest BCUT2D eigenvalue weighted by Crippen LogP contribution is 2.26. The van der Waals surface area contributed by atoms with Gasteiger partial charge in [0, 0.05) is 34.1 Å². The second-order valence-electron chi connectivity index (χ2n) is 7.75. The van der Waals surface area contributed by atoms with Gasteiger partial charge in [0.05, 0.1) is 35.5 Å². The van der Waals surface area contributed by atoms with Crippen LogP contribution in [0.25, 0.3) is 33.2 Å². The number of nitrogens with one attached hydrogen (secondary N) is 4. The minimum atomic E-state index is -0.428. The minimum absolute atomic E-state index is 0.281. The largest absolute Gasteiger partial charge is 0.350 e. The van der Waals surface area contributed by atoms with Crippen molar-refractivity contribution in [3.05, 3.63) is 84.8 Å². The van der Waals surface area contributed by atoms with E-state index in [2.05, 4.69) is 46.0 Å². The van der Waals surface area contributed by atoms with E-state index >= 15 is 0 Å². The summed E-state index contributed by atoms with van der Waals surface area (Å²) >= 11 is 0. The Bertz CT molecular complexity index is 1690. The molecule has 0 aliphatic carbocycles. The van der Waals surface area contributed by atoms with E-state index in [1.807, 2.05) is 18.2 Å². The second kappa shape index (κ2) is 8.30. The number of aromatic nitrogens is 7. The summed E-state index contributed by atoms with van der Waals surface area (Å²) in [6, 6.07) is 13.7. The zero-order valence-corrected chi connectivity index (χ0v) is 18.0. The first-order valence-corrected chi connectivity index (χ1v) is 10.6. The molecule has 4 heterocycles. The summed E-state index contributed by atoms with van der Waals surface area (Å²) in [7, 11) is 0. The van der Waals surface area contributed by atoms with Crippen LogP contribution in [0.4, 0.5) is 21.6 Å². The molecule has 10 nitrogen and oxygen atoms in total. The van der Waals surface area contributed by atoms with Crippen molar-refractivity contribution >= 4 is 44.9 Å². The molecule has 6 rings (SSSR count). The van der Waals surface area contributed by atoms with Gasteiger partial charge >= 0.3 is 0 Å². The molecule has 0 bridgehead atoms. The summed E-state index contributed by atoms with van der Waals surface area (Å²) in [4.78, 5) is 24.6. The normalized spacial score (nSPS) is 11.1. The number of rotatable bonds is 5. The number of benzene rings is 2. The third-order valence-electron chi connectivity index (χ3n) is 5.41. The van der Waals surface area contributed by atoms with Crippen LogP contribution in [0.5, 0.6) is 0 Å². The van der Waals surface area contributed by atoms with Gasteiger partial charge in [-0.3, -0.25) is 9.89 Å². The van der Waals surface area contributed by atoms with E-state index < -0.39 is 5.82 Å². The van der Waals surface area contributed by atoms with E-state index in [1.54, 1.807) is 36.7 Å². The highest BCUT2D eigenvalue weighted by molar-refractivity contribution is 6.06. The molecule has 1 amide bonds. The molecule has 0 saturated heterocycles. The lowest BCUT2D eigenvalue weighted by molar-refractivity contribution is 0.102. The molecule has 11 heteroatoms. The number of fused-ring (bicyclic) bond motifs is 2. The van der Waals surface area contributed by atoms with Crippen molar-refractivity contribution < 1.29 is 9.18 Å². The first-order chi connectivity index (χ1) is 17.1. The van der Waals surface area contributed by atoms with Crippen LogP contribution in [0.3, 0.4) is 0 Å². The fourth-order valence-corrected chi connectivity index (χ4v) is 3.72. The monoisotopic (exact) mass is 465 g/mol. The molecule has 0 radical (unpaired) electrons. The van der Waals surface area contributed by atoms with Gasteiger partial charge in [0.1, 0.15) is 17.3 Å². The van der Waals surface area contributed by atoms with E-state index in [0.29, 0.717) is 28.5 Å².